The van der Waals surface area contributed by atoms with Crippen molar-refractivity contribution in [1.29, 1.82) is 0 Å². The van der Waals surface area contributed by atoms with Crippen LogP contribution in [-0.4, -0.2) is 50.4 Å². The molecule has 1 saturated carbocycles. The number of hydrogen-bond acceptors (Lipinski definition) is 5. The molecule has 1 aliphatic rings. The summed E-state index contributed by atoms with van der Waals surface area (Å²) in [5.41, 5.74) is 0.986. The summed E-state index contributed by atoms with van der Waals surface area (Å²) in [6.45, 7) is 3.49. The van der Waals surface area contributed by atoms with Gasteiger partial charge >= 0.3 is 0 Å². The Labute approximate surface area is 264 Å². The number of nitrogens with zero attached hydrogens (tertiary/aromatic N) is 2. The largest absolute Gasteiger partial charge is 0.494 e. The van der Waals surface area contributed by atoms with Gasteiger partial charge in [0.15, 0.2) is 0 Å². The minimum Gasteiger partial charge on any atom is -0.494 e. The first-order valence-electron chi connectivity index (χ1n) is 14.4. The molecule has 0 aliphatic heterocycles. The molecule has 4 rings (SSSR count). The molecule has 1 N–H and O–H groups in total. The molecule has 43 heavy (non-hydrogen) atoms. The predicted octanol–water partition coefficient (Wildman–Crippen LogP) is 6.45. The molecular weight excluding hydrogens is 609 g/mol. The summed E-state index contributed by atoms with van der Waals surface area (Å²) < 4.78 is 34.5. The summed E-state index contributed by atoms with van der Waals surface area (Å²) in [6.07, 6.45) is 5.02. The van der Waals surface area contributed by atoms with E-state index in [0.29, 0.717) is 28.0 Å². The number of amides is 2. The Balaban J connectivity index is 1.68. The van der Waals surface area contributed by atoms with Crippen LogP contribution < -0.4 is 14.4 Å². The molecule has 1 unspecified atom stereocenters. The van der Waals surface area contributed by atoms with Gasteiger partial charge in [-0.15, -0.1) is 0 Å². The van der Waals surface area contributed by atoms with E-state index in [1.807, 2.05) is 13.0 Å². The zero-order valence-electron chi connectivity index (χ0n) is 24.3. The lowest BCUT2D eigenvalue weighted by molar-refractivity contribution is -0.139. The SMILES string of the molecule is CCOc1ccc(N(CC(=O)N(Cc2cccc(Cl)c2)C(C)C(=O)NC2CCCCC2)S(=O)(=O)c2ccc(Cl)cc2)cc1. The molecule has 0 bridgehead atoms. The number of ether oxygens (including phenoxy) is 1. The van der Waals surface area contributed by atoms with E-state index in [1.54, 1.807) is 49.4 Å². The van der Waals surface area contributed by atoms with Crippen molar-refractivity contribution in [2.24, 2.45) is 0 Å². The van der Waals surface area contributed by atoms with Crippen LogP contribution in [0.25, 0.3) is 0 Å². The number of carbonyl (C=O) groups excluding carboxylic acids is 2. The van der Waals surface area contributed by atoms with Gasteiger partial charge in [-0.3, -0.25) is 13.9 Å². The van der Waals surface area contributed by atoms with Crippen LogP contribution >= 0.6 is 23.2 Å². The Bertz CT molecular complexity index is 1490. The third-order valence-electron chi connectivity index (χ3n) is 7.48. The molecule has 11 heteroatoms. The van der Waals surface area contributed by atoms with Gasteiger partial charge in [0, 0.05) is 22.6 Å². The molecule has 0 aromatic heterocycles. The van der Waals surface area contributed by atoms with E-state index in [4.69, 9.17) is 27.9 Å². The van der Waals surface area contributed by atoms with E-state index < -0.39 is 28.5 Å². The number of anilines is 1. The van der Waals surface area contributed by atoms with Crippen LogP contribution in [0.1, 0.15) is 51.5 Å². The van der Waals surface area contributed by atoms with Gasteiger partial charge in [-0.2, -0.15) is 0 Å². The normalized spacial score (nSPS) is 14.5. The lowest BCUT2D eigenvalue weighted by atomic mass is 9.95. The maximum Gasteiger partial charge on any atom is 0.264 e. The van der Waals surface area contributed by atoms with Gasteiger partial charge in [-0.1, -0.05) is 54.6 Å². The quantitative estimate of drug-likeness (QED) is 0.244. The molecule has 0 spiro atoms. The molecule has 3 aromatic carbocycles. The zero-order valence-corrected chi connectivity index (χ0v) is 26.7. The second-order valence-electron chi connectivity index (χ2n) is 10.6. The molecule has 1 fully saturated rings. The van der Waals surface area contributed by atoms with E-state index in [2.05, 4.69) is 5.32 Å². The minimum atomic E-state index is -4.21. The zero-order chi connectivity index (χ0) is 31.0. The highest BCUT2D eigenvalue weighted by Crippen LogP contribution is 2.28. The topological polar surface area (TPSA) is 96.0 Å². The van der Waals surface area contributed by atoms with Gasteiger partial charge in [-0.25, -0.2) is 8.42 Å². The van der Waals surface area contributed by atoms with Crippen LogP contribution in [-0.2, 0) is 26.2 Å². The van der Waals surface area contributed by atoms with E-state index in [0.717, 1.165) is 36.4 Å². The molecule has 0 saturated heterocycles. The molecule has 1 aliphatic carbocycles. The third-order valence-corrected chi connectivity index (χ3v) is 9.75. The lowest BCUT2D eigenvalue weighted by Gasteiger charge is -2.33. The maximum atomic E-state index is 14.1. The van der Waals surface area contributed by atoms with Crippen molar-refractivity contribution in [3.63, 3.8) is 0 Å². The van der Waals surface area contributed by atoms with Crippen LogP contribution in [0.15, 0.2) is 77.7 Å². The first kappa shape index (κ1) is 32.6. The monoisotopic (exact) mass is 645 g/mol. The predicted molar refractivity (Wildman–Crippen MR) is 170 cm³/mol. The number of sulfonamides is 1. The van der Waals surface area contributed by atoms with Crippen LogP contribution in [0.4, 0.5) is 5.69 Å². The van der Waals surface area contributed by atoms with Crippen molar-refractivity contribution in [2.75, 3.05) is 17.5 Å². The van der Waals surface area contributed by atoms with Crippen LogP contribution in [0.2, 0.25) is 10.0 Å². The molecule has 230 valence electrons. The second-order valence-corrected chi connectivity index (χ2v) is 13.3. The molecule has 1 atom stereocenters. The Hall–Kier alpha value is -3.27. The number of hydrogen-bond donors (Lipinski definition) is 1. The van der Waals surface area contributed by atoms with Gasteiger partial charge in [0.05, 0.1) is 17.2 Å². The van der Waals surface area contributed by atoms with E-state index in [-0.39, 0.29) is 29.1 Å². The van der Waals surface area contributed by atoms with Crippen molar-refractivity contribution < 1.29 is 22.7 Å². The first-order valence-corrected chi connectivity index (χ1v) is 16.6. The first-order chi connectivity index (χ1) is 20.6. The van der Waals surface area contributed by atoms with Crippen molar-refractivity contribution in [3.05, 3.63) is 88.4 Å². The van der Waals surface area contributed by atoms with E-state index >= 15 is 0 Å². The summed E-state index contributed by atoms with van der Waals surface area (Å²) in [5.74, 6) is -0.259. The summed E-state index contributed by atoms with van der Waals surface area (Å²) in [4.78, 5) is 28.9. The highest BCUT2D eigenvalue weighted by molar-refractivity contribution is 7.92. The Morgan fingerprint density at radius 3 is 2.26 bits per heavy atom. The Kier molecular flexibility index (Phi) is 11.3. The number of carbonyl (C=O) groups is 2. The fraction of sp³-hybridized carbons (Fsp3) is 0.375. The Morgan fingerprint density at radius 2 is 1.63 bits per heavy atom. The van der Waals surface area contributed by atoms with Gasteiger partial charge in [0.25, 0.3) is 10.0 Å². The third kappa shape index (κ3) is 8.65. The molecule has 3 aromatic rings. The highest BCUT2D eigenvalue weighted by Gasteiger charge is 2.33. The lowest BCUT2D eigenvalue weighted by Crippen LogP contribution is -2.53. The molecule has 0 heterocycles. The summed E-state index contributed by atoms with van der Waals surface area (Å²) in [6, 6.07) is 18.5. The standard InChI is InChI=1S/C32H37Cl2N3O5S/c1-3-42-29-16-14-28(15-17-29)37(43(40,41)30-18-12-25(33)13-19-30)22-31(38)36(21-24-8-7-9-26(34)20-24)23(2)32(39)35-27-10-5-4-6-11-27/h7-9,12-20,23,27H,3-6,10-11,21-22H2,1-2H3,(H,35,39). The van der Waals surface area contributed by atoms with Crippen LogP contribution in [0.5, 0.6) is 5.75 Å². The number of halogens is 2. The molecule has 2 amide bonds. The van der Waals surface area contributed by atoms with E-state index in [9.17, 15) is 18.0 Å². The fourth-order valence-electron chi connectivity index (χ4n) is 5.12. The summed E-state index contributed by atoms with van der Waals surface area (Å²) >= 11 is 12.3. The van der Waals surface area contributed by atoms with Gasteiger partial charge in [-0.05, 0) is 92.9 Å². The number of benzene rings is 3. The van der Waals surface area contributed by atoms with Crippen molar-refractivity contribution in [2.45, 2.75) is 69.5 Å². The average molecular weight is 647 g/mol. The maximum absolute atomic E-state index is 14.1. The van der Waals surface area contributed by atoms with Crippen LogP contribution in [0.3, 0.4) is 0 Å². The van der Waals surface area contributed by atoms with Gasteiger partial charge in [0.1, 0.15) is 18.3 Å². The van der Waals surface area contributed by atoms with E-state index in [1.165, 1.54) is 29.2 Å². The Morgan fingerprint density at radius 1 is 0.953 bits per heavy atom. The summed E-state index contributed by atoms with van der Waals surface area (Å²) in [7, 11) is -4.21. The molecule has 8 nitrogen and oxygen atoms in total. The molecule has 0 radical (unpaired) electrons. The van der Waals surface area contributed by atoms with Crippen molar-refractivity contribution >= 4 is 50.7 Å². The highest BCUT2D eigenvalue weighted by atomic mass is 35.5. The smallest absolute Gasteiger partial charge is 0.264 e. The number of rotatable bonds is 12. The number of nitrogens with one attached hydrogen (secondary N) is 1. The van der Waals surface area contributed by atoms with Crippen LogP contribution in [0, 0.1) is 0 Å². The molecular formula is C32H37Cl2N3O5S. The van der Waals surface area contributed by atoms with Gasteiger partial charge in [0.2, 0.25) is 11.8 Å². The second kappa shape index (κ2) is 14.9. The van der Waals surface area contributed by atoms with Crippen molar-refractivity contribution in [1.82, 2.24) is 10.2 Å². The van der Waals surface area contributed by atoms with Crippen molar-refractivity contribution in [3.8, 4) is 5.75 Å². The minimum absolute atomic E-state index is 0.0249. The summed E-state index contributed by atoms with van der Waals surface area (Å²) in [5, 5.41) is 3.97. The fourth-order valence-corrected chi connectivity index (χ4v) is 6.87. The average Bonchev–Trinajstić information content (AvgIpc) is 2.99. The van der Waals surface area contributed by atoms with Gasteiger partial charge < -0.3 is 15.0 Å².